The van der Waals surface area contributed by atoms with Crippen LogP contribution in [0.25, 0.3) is 0 Å². The molecule has 6 heteroatoms. The molecule has 2 heterocycles. The van der Waals surface area contributed by atoms with Gasteiger partial charge in [-0.1, -0.05) is 11.6 Å². The quantitative estimate of drug-likeness (QED) is 0.799. The van der Waals surface area contributed by atoms with Gasteiger partial charge in [0, 0.05) is 45.3 Å². The number of nitrogens with zero attached hydrogens (tertiary/aromatic N) is 4. The third kappa shape index (κ3) is 4.05. The van der Waals surface area contributed by atoms with Gasteiger partial charge < -0.3 is 20.2 Å². The molecule has 1 saturated heterocycles. The summed E-state index contributed by atoms with van der Waals surface area (Å²) in [5, 5.41) is 13.8. The van der Waals surface area contributed by atoms with Gasteiger partial charge in [-0.25, -0.2) is 9.97 Å². The lowest BCUT2D eigenvalue weighted by Gasteiger charge is -2.29. The summed E-state index contributed by atoms with van der Waals surface area (Å²) >= 11 is 0. The fourth-order valence-corrected chi connectivity index (χ4v) is 3.56. The molecule has 3 rings (SSSR count). The van der Waals surface area contributed by atoms with E-state index in [0.29, 0.717) is 12.6 Å². The molecule has 1 aliphatic carbocycles. The van der Waals surface area contributed by atoms with Crippen LogP contribution in [0.2, 0.25) is 0 Å². The van der Waals surface area contributed by atoms with Gasteiger partial charge in [0.25, 0.3) is 0 Å². The number of hydrogen-bond acceptors (Lipinski definition) is 6. The van der Waals surface area contributed by atoms with Gasteiger partial charge in [0.05, 0.1) is 6.10 Å². The second-order valence-corrected chi connectivity index (χ2v) is 7.25. The zero-order valence-corrected chi connectivity index (χ0v) is 14.9. The van der Waals surface area contributed by atoms with Crippen molar-refractivity contribution in [1.29, 1.82) is 0 Å². The molecule has 132 valence electrons. The predicted molar refractivity (Wildman–Crippen MR) is 97.5 cm³/mol. The van der Waals surface area contributed by atoms with E-state index in [0.717, 1.165) is 31.0 Å². The summed E-state index contributed by atoms with van der Waals surface area (Å²) < 4.78 is 0. The van der Waals surface area contributed by atoms with E-state index in [1.807, 2.05) is 25.1 Å². The van der Waals surface area contributed by atoms with Crippen LogP contribution in [0.5, 0.6) is 0 Å². The predicted octanol–water partition coefficient (Wildman–Crippen LogP) is 1.57. The zero-order valence-electron chi connectivity index (χ0n) is 14.9. The minimum absolute atomic E-state index is 0.275. The van der Waals surface area contributed by atoms with Crippen molar-refractivity contribution in [3.05, 3.63) is 24.0 Å². The lowest BCUT2D eigenvalue weighted by atomic mass is 9.96. The summed E-state index contributed by atoms with van der Waals surface area (Å²) in [6, 6.07) is 2.82. The molecular weight excluding hydrogens is 302 g/mol. The van der Waals surface area contributed by atoms with Gasteiger partial charge >= 0.3 is 0 Å². The number of anilines is 2. The second kappa shape index (κ2) is 7.49. The summed E-state index contributed by atoms with van der Waals surface area (Å²) in [6.07, 6.45) is 7.95. The number of nitrogens with one attached hydrogen (secondary N) is 1. The van der Waals surface area contributed by atoms with Crippen LogP contribution in [0.3, 0.4) is 0 Å². The van der Waals surface area contributed by atoms with Gasteiger partial charge in [0.1, 0.15) is 18.0 Å². The molecule has 0 radical (unpaired) electrons. The highest BCUT2D eigenvalue weighted by Crippen LogP contribution is 2.26. The Morgan fingerprint density at radius 2 is 2.21 bits per heavy atom. The average molecular weight is 331 g/mol. The maximum Gasteiger partial charge on any atom is 0.134 e. The van der Waals surface area contributed by atoms with Crippen molar-refractivity contribution in [2.24, 2.45) is 0 Å². The first kappa shape index (κ1) is 17.2. The summed E-state index contributed by atoms with van der Waals surface area (Å²) in [4.78, 5) is 12.9. The lowest BCUT2D eigenvalue weighted by Crippen LogP contribution is -2.42. The summed E-state index contributed by atoms with van der Waals surface area (Å²) in [5.41, 5.74) is 1.50. The molecule has 3 atom stereocenters. The van der Waals surface area contributed by atoms with Crippen molar-refractivity contribution in [3.8, 4) is 0 Å². The van der Waals surface area contributed by atoms with Gasteiger partial charge in [-0.3, -0.25) is 0 Å². The van der Waals surface area contributed by atoms with Gasteiger partial charge in [-0.2, -0.15) is 0 Å². The maximum absolute atomic E-state index is 10.1. The van der Waals surface area contributed by atoms with E-state index in [9.17, 15) is 5.11 Å². The first-order valence-electron chi connectivity index (χ1n) is 8.86. The van der Waals surface area contributed by atoms with Crippen LogP contribution in [-0.2, 0) is 0 Å². The van der Waals surface area contributed by atoms with Gasteiger partial charge in [0.2, 0.25) is 0 Å². The molecule has 1 aromatic heterocycles. The molecule has 0 amide bonds. The largest absolute Gasteiger partial charge is 0.391 e. The van der Waals surface area contributed by atoms with Crippen LogP contribution < -0.4 is 15.1 Å². The number of β-amino-alcohol motifs (C(OH)–C–C–N with tert-alkyl or cyclic N) is 1. The second-order valence-electron chi connectivity index (χ2n) is 7.25. The third-order valence-corrected chi connectivity index (χ3v) is 5.06. The Morgan fingerprint density at radius 3 is 2.92 bits per heavy atom. The number of rotatable bonds is 5. The Hall–Kier alpha value is -1.66. The number of hydrogen-bond donors (Lipinski definition) is 2. The molecular formula is C18H29N5O. The standard InChI is InChI=1S/C18H29N5O/c1-13-4-6-14(7-5-13)19-10-15-8-16(24)11-23(15)18-9-17(22(2)3)20-12-21-18/h4,9,12,14-16,19,24H,5-8,10-11H2,1-3H3/t14?,15-,16-/m1/s1. The van der Waals surface area contributed by atoms with Gasteiger partial charge in [-0.05, 0) is 32.6 Å². The van der Waals surface area contributed by atoms with E-state index in [4.69, 9.17) is 0 Å². The molecule has 2 aliphatic rings. The monoisotopic (exact) mass is 331 g/mol. The van der Waals surface area contributed by atoms with Crippen LogP contribution in [-0.4, -0.2) is 60.4 Å². The normalized spacial score (nSPS) is 27.2. The Morgan fingerprint density at radius 1 is 1.38 bits per heavy atom. The molecule has 1 unspecified atom stereocenters. The Kier molecular flexibility index (Phi) is 5.36. The van der Waals surface area contributed by atoms with Crippen molar-refractivity contribution in [2.45, 2.75) is 50.8 Å². The van der Waals surface area contributed by atoms with Crippen molar-refractivity contribution in [2.75, 3.05) is 37.0 Å². The number of aromatic nitrogens is 2. The van der Waals surface area contributed by atoms with E-state index >= 15 is 0 Å². The molecule has 1 aliphatic heterocycles. The Bertz CT molecular complexity index is 589. The van der Waals surface area contributed by atoms with E-state index < -0.39 is 0 Å². The average Bonchev–Trinajstić information content (AvgIpc) is 2.95. The molecule has 0 bridgehead atoms. The summed E-state index contributed by atoms with van der Waals surface area (Å²) in [6.45, 7) is 3.73. The van der Waals surface area contributed by atoms with E-state index in [1.165, 1.54) is 18.4 Å². The van der Waals surface area contributed by atoms with Gasteiger partial charge in [-0.15, -0.1) is 0 Å². The highest BCUT2D eigenvalue weighted by Gasteiger charge is 2.32. The van der Waals surface area contributed by atoms with Crippen molar-refractivity contribution >= 4 is 11.6 Å². The van der Waals surface area contributed by atoms with Crippen molar-refractivity contribution in [3.63, 3.8) is 0 Å². The van der Waals surface area contributed by atoms with Crippen molar-refractivity contribution < 1.29 is 5.11 Å². The van der Waals surface area contributed by atoms with Crippen molar-refractivity contribution in [1.82, 2.24) is 15.3 Å². The lowest BCUT2D eigenvalue weighted by molar-refractivity contribution is 0.193. The molecule has 6 nitrogen and oxygen atoms in total. The third-order valence-electron chi connectivity index (χ3n) is 5.06. The van der Waals surface area contributed by atoms with Gasteiger partial charge in [0.15, 0.2) is 0 Å². The fraction of sp³-hybridized carbons (Fsp3) is 0.667. The molecule has 1 aromatic rings. The number of aliphatic hydroxyl groups is 1. The molecule has 24 heavy (non-hydrogen) atoms. The first-order valence-corrected chi connectivity index (χ1v) is 8.86. The Labute approximate surface area is 144 Å². The maximum atomic E-state index is 10.1. The molecule has 0 spiro atoms. The molecule has 0 aromatic carbocycles. The summed E-state index contributed by atoms with van der Waals surface area (Å²) in [7, 11) is 3.95. The summed E-state index contributed by atoms with van der Waals surface area (Å²) in [5.74, 6) is 1.79. The first-order chi connectivity index (χ1) is 11.5. The topological polar surface area (TPSA) is 64.5 Å². The highest BCUT2D eigenvalue weighted by molar-refractivity contribution is 5.51. The zero-order chi connectivity index (χ0) is 17.1. The Balaban J connectivity index is 1.65. The van der Waals surface area contributed by atoms with E-state index in [2.05, 4.69) is 33.2 Å². The van der Waals surface area contributed by atoms with E-state index in [1.54, 1.807) is 6.33 Å². The van der Waals surface area contributed by atoms with Crippen LogP contribution in [0.1, 0.15) is 32.6 Å². The smallest absolute Gasteiger partial charge is 0.134 e. The minimum atomic E-state index is -0.289. The van der Waals surface area contributed by atoms with Crippen LogP contribution >= 0.6 is 0 Å². The molecule has 2 N–H and O–H groups in total. The fourth-order valence-electron chi connectivity index (χ4n) is 3.56. The van der Waals surface area contributed by atoms with Crippen LogP contribution in [0.4, 0.5) is 11.6 Å². The number of allylic oxidation sites excluding steroid dienone is 1. The molecule has 1 fully saturated rings. The SMILES string of the molecule is CC1=CCC(NC[C@H]2C[C@@H](O)CN2c2cc(N(C)C)ncn2)CC1. The molecule has 0 saturated carbocycles. The number of aliphatic hydroxyl groups excluding tert-OH is 1. The van der Waals surface area contributed by atoms with Crippen LogP contribution in [0.15, 0.2) is 24.0 Å². The highest BCUT2D eigenvalue weighted by atomic mass is 16.3. The van der Waals surface area contributed by atoms with E-state index in [-0.39, 0.29) is 12.1 Å². The van der Waals surface area contributed by atoms with Crippen LogP contribution in [0, 0.1) is 0 Å². The minimum Gasteiger partial charge on any atom is -0.391 e.